The van der Waals surface area contributed by atoms with Gasteiger partial charge in [0.1, 0.15) is 11.5 Å². The van der Waals surface area contributed by atoms with Gasteiger partial charge in [-0.25, -0.2) is 0 Å². The molecule has 0 amide bonds. The van der Waals surface area contributed by atoms with E-state index < -0.39 is 0 Å². The zero-order chi connectivity index (χ0) is 18.4. The van der Waals surface area contributed by atoms with Crippen molar-refractivity contribution in [2.45, 2.75) is 27.7 Å². The molecule has 0 atom stereocenters. The fourth-order valence-electron chi connectivity index (χ4n) is 3.75. The maximum atomic E-state index is 6.49. The van der Waals surface area contributed by atoms with Gasteiger partial charge in [-0.2, -0.15) is 0 Å². The molecule has 1 aromatic heterocycles. The first-order valence-electron chi connectivity index (χ1n) is 8.80. The third-order valence-electron chi connectivity index (χ3n) is 4.64. The summed E-state index contributed by atoms with van der Waals surface area (Å²) < 4.78 is 7.55. The quantitative estimate of drug-likeness (QED) is 0.332. The summed E-state index contributed by atoms with van der Waals surface area (Å²) in [5.74, 6) is 1.87. The molecule has 0 unspecified atom stereocenters. The van der Waals surface area contributed by atoms with E-state index in [1.165, 1.54) is 22.3 Å². The van der Waals surface area contributed by atoms with E-state index in [1.807, 2.05) is 0 Å². The smallest absolute Gasteiger partial charge is 0.142 e. The normalized spacial score (nSPS) is 11.3. The number of halogens is 1. The molecule has 0 aliphatic rings. The van der Waals surface area contributed by atoms with E-state index in [4.69, 9.17) is 4.42 Å². The van der Waals surface area contributed by atoms with Crippen LogP contribution in [0.4, 0.5) is 0 Å². The molecule has 3 aromatic carbocycles. The van der Waals surface area contributed by atoms with Crippen LogP contribution < -0.4 is 0 Å². The molecule has 4 rings (SSSR count). The van der Waals surface area contributed by atoms with Crippen LogP contribution in [0.2, 0.25) is 0 Å². The van der Waals surface area contributed by atoms with E-state index in [9.17, 15) is 0 Å². The second kappa shape index (κ2) is 6.44. The van der Waals surface area contributed by atoms with E-state index in [0.29, 0.717) is 0 Å². The highest BCUT2D eigenvalue weighted by molar-refractivity contribution is 9.10. The van der Waals surface area contributed by atoms with Gasteiger partial charge in [0.05, 0.1) is 0 Å². The van der Waals surface area contributed by atoms with Crippen molar-refractivity contribution in [1.29, 1.82) is 0 Å². The van der Waals surface area contributed by atoms with Crippen LogP contribution in [0.5, 0.6) is 0 Å². The van der Waals surface area contributed by atoms with Crippen molar-refractivity contribution < 1.29 is 4.42 Å². The van der Waals surface area contributed by atoms with Gasteiger partial charge in [0.15, 0.2) is 0 Å². The predicted molar refractivity (Wildman–Crippen MR) is 114 cm³/mol. The molecule has 2 heteroatoms. The highest BCUT2D eigenvalue weighted by Crippen LogP contribution is 2.41. The van der Waals surface area contributed by atoms with Gasteiger partial charge in [0.2, 0.25) is 0 Å². The summed E-state index contributed by atoms with van der Waals surface area (Å²) in [7, 11) is 0. The average molecular weight is 405 g/mol. The Hall–Kier alpha value is -2.32. The largest absolute Gasteiger partial charge is 0.455 e. The van der Waals surface area contributed by atoms with Crippen LogP contribution in [0.25, 0.3) is 33.4 Å². The van der Waals surface area contributed by atoms with Crippen LogP contribution >= 0.6 is 15.9 Å². The molecule has 0 aliphatic heterocycles. The lowest BCUT2D eigenvalue weighted by Gasteiger charge is -2.04. The van der Waals surface area contributed by atoms with Crippen molar-refractivity contribution in [3.05, 3.63) is 81.3 Å². The summed E-state index contributed by atoms with van der Waals surface area (Å²) in [6.07, 6.45) is 0. The molecule has 26 heavy (non-hydrogen) atoms. The highest BCUT2D eigenvalue weighted by atomic mass is 79.9. The van der Waals surface area contributed by atoms with E-state index in [1.54, 1.807) is 0 Å². The first-order chi connectivity index (χ1) is 12.4. The minimum absolute atomic E-state index is 0.933. The molecule has 130 valence electrons. The number of fused-ring (bicyclic) bond motifs is 1. The second-order valence-electron chi connectivity index (χ2n) is 7.20. The lowest BCUT2D eigenvalue weighted by Crippen LogP contribution is -1.82. The molecule has 0 spiro atoms. The van der Waals surface area contributed by atoms with Gasteiger partial charge in [0, 0.05) is 26.4 Å². The summed E-state index contributed by atoms with van der Waals surface area (Å²) in [4.78, 5) is 0. The molecular formula is C24H21BrO. The lowest BCUT2D eigenvalue weighted by molar-refractivity contribution is 0.601. The van der Waals surface area contributed by atoms with Crippen molar-refractivity contribution in [2.24, 2.45) is 0 Å². The SMILES string of the molecule is Cc1cc(C)cc(-c2oc(-c3cc(C)cc(C)c3)c3cc(Br)ccc23)c1. The van der Waals surface area contributed by atoms with Crippen molar-refractivity contribution in [1.82, 2.24) is 0 Å². The zero-order valence-corrected chi connectivity index (χ0v) is 17.1. The molecule has 1 nitrogen and oxygen atoms in total. The monoisotopic (exact) mass is 404 g/mol. The van der Waals surface area contributed by atoms with Gasteiger partial charge >= 0.3 is 0 Å². The predicted octanol–water partition coefficient (Wildman–Crippen LogP) is 7.76. The third-order valence-corrected chi connectivity index (χ3v) is 5.14. The van der Waals surface area contributed by atoms with E-state index in [0.717, 1.165) is 37.9 Å². The Bertz CT molecular complexity index is 1090. The van der Waals surface area contributed by atoms with Crippen molar-refractivity contribution >= 4 is 26.7 Å². The van der Waals surface area contributed by atoms with Gasteiger partial charge in [0.25, 0.3) is 0 Å². The summed E-state index contributed by atoms with van der Waals surface area (Å²) in [5, 5.41) is 2.28. The standard InChI is InChI=1S/C24H21BrO/c1-14-7-15(2)10-18(9-14)23-21-6-5-20(25)13-22(21)24(26-23)19-11-16(3)8-17(4)12-19/h5-13H,1-4H3. The van der Waals surface area contributed by atoms with Gasteiger partial charge in [-0.15, -0.1) is 0 Å². The summed E-state index contributed by atoms with van der Waals surface area (Å²) in [6, 6.07) is 19.5. The minimum Gasteiger partial charge on any atom is -0.455 e. The van der Waals surface area contributed by atoms with E-state index >= 15 is 0 Å². The molecule has 0 saturated carbocycles. The zero-order valence-electron chi connectivity index (χ0n) is 15.5. The number of rotatable bonds is 2. The first kappa shape index (κ1) is 17.1. The van der Waals surface area contributed by atoms with Gasteiger partial charge in [-0.3, -0.25) is 0 Å². The van der Waals surface area contributed by atoms with Crippen LogP contribution in [-0.2, 0) is 0 Å². The first-order valence-corrected chi connectivity index (χ1v) is 9.59. The van der Waals surface area contributed by atoms with E-state index in [-0.39, 0.29) is 0 Å². The molecule has 0 aliphatic carbocycles. The van der Waals surface area contributed by atoms with Crippen molar-refractivity contribution in [3.8, 4) is 22.6 Å². The Labute approximate surface area is 162 Å². The highest BCUT2D eigenvalue weighted by Gasteiger charge is 2.17. The average Bonchev–Trinajstić information content (AvgIpc) is 2.91. The maximum Gasteiger partial charge on any atom is 0.142 e. The number of furan rings is 1. The third kappa shape index (κ3) is 3.10. The van der Waals surface area contributed by atoms with E-state index in [2.05, 4.69) is 98.2 Å². The second-order valence-corrected chi connectivity index (χ2v) is 8.12. The Balaban J connectivity index is 2.04. The number of hydrogen-bond acceptors (Lipinski definition) is 1. The van der Waals surface area contributed by atoms with Crippen LogP contribution in [-0.4, -0.2) is 0 Å². The fraction of sp³-hybridized carbons (Fsp3) is 0.167. The lowest BCUT2D eigenvalue weighted by atomic mass is 10.0. The summed E-state index contributed by atoms with van der Waals surface area (Å²) in [6.45, 7) is 8.51. The van der Waals surface area contributed by atoms with Crippen LogP contribution in [0.3, 0.4) is 0 Å². The molecular weight excluding hydrogens is 384 g/mol. The number of aryl methyl sites for hydroxylation is 4. The minimum atomic E-state index is 0.933. The Kier molecular flexibility index (Phi) is 4.24. The maximum absolute atomic E-state index is 6.49. The van der Waals surface area contributed by atoms with Crippen LogP contribution in [0.1, 0.15) is 22.3 Å². The number of hydrogen-bond donors (Lipinski definition) is 0. The van der Waals surface area contributed by atoms with Gasteiger partial charge < -0.3 is 4.42 Å². The molecule has 4 aromatic rings. The summed E-state index contributed by atoms with van der Waals surface area (Å²) in [5.41, 5.74) is 7.23. The Morgan fingerprint density at radius 2 is 1.04 bits per heavy atom. The Morgan fingerprint density at radius 1 is 0.577 bits per heavy atom. The van der Waals surface area contributed by atoms with Crippen LogP contribution in [0, 0.1) is 27.7 Å². The topological polar surface area (TPSA) is 13.1 Å². The van der Waals surface area contributed by atoms with Gasteiger partial charge in [-0.1, -0.05) is 50.3 Å². The Morgan fingerprint density at radius 3 is 1.54 bits per heavy atom. The molecule has 0 fully saturated rings. The fourth-order valence-corrected chi connectivity index (χ4v) is 4.12. The van der Waals surface area contributed by atoms with Crippen LogP contribution in [0.15, 0.2) is 63.5 Å². The number of benzene rings is 3. The summed E-state index contributed by atoms with van der Waals surface area (Å²) >= 11 is 3.62. The van der Waals surface area contributed by atoms with Crippen molar-refractivity contribution in [3.63, 3.8) is 0 Å². The molecule has 0 radical (unpaired) electrons. The van der Waals surface area contributed by atoms with Gasteiger partial charge in [-0.05, 0) is 70.2 Å². The molecule has 0 bridgehead atoms. The van der Waals surface area contributed by atoms with Crippen molar-refractivity contribution in [2.75, 3.05) is 0 Å². The molecule has 1 heterocycles. The molecule has 0 saturated heterocycles. The molecule has 0 N–H and O–H groups in total.